The molecule has 0 saturated heterocycles. The minimum absolute atomic E-state index is 0.206. The van der Waals surface area contributed by atoms with E-state index in [0.29, 0.717) is 13.0 Å². The maximum atomic E-state index is 12.0. The molecule has 1 aromatic carbocycles. The van der Waals surface area contributed by atoms with Crippen LogP contribution in [0.3, 0.4) is 0 Å². The predicted molar refractivity (Wildman–Crippen MR) is 75.3 cm³/mol. The molecule has 19 heavy (non-hydrogen) atoms. The summed E-state index contributed by atoms with van der Waals surface area (Å²) in [5.41, 5.74) is 2.83. The molecule has 102 valence electrons. The van der Waals surface area contributed by atoms with E-state index < -0.39 is 5.92 Å². The summed E-state index contributed by atoms with van der Waals surface area (Å²) in [5, 5.41) is 5.52. The second-order valence-electron chi connectivity index (χ2n) is 4.88. The van der Waals surface area contributed by atoms with Crippen molar-refractivity contribution in [1.29, 1.82) is 0 Å². The normalized spacial score (nSPS) is 17.4. The van der Waals surface area contributed by atoms with Gasteiger partial charge in [0.1, 0.15) is 5.92 Å². The third kappa shape index (κ3) is 2.70. The highest BCUT2D eigenvalue weighted by Crippen LogP contribution is 2.29. The van der Waals surface area contributed by atoms with Gasteiger partial charge in [-0.2, -0.15) is 0 Å². The van der Waals surface area contributed by atoms with Gasteiger partial charge in [-0.15, -0.1) is 0 Å². The second kappa shape index (κ2) is 5.30. The van der Waals surface area contributed by atoms with Crippen LogP contribution in [-0.4, -0.2) is 32.5 Å². The topological polar surface area (TPSA) is 61.4 Å². The van der Waals surface area contributed by atoms with Crippen LogP contribution in [0.15, 0.2) is 18.2 Å². The number of carbonyl (C=O) groups is 2. The van der Waals surface area contributed by atoms with E-state index in [1.165, 1.54) is 0 Å². The molecule has 1 aromatic rings. The Morgan fingerprint density at radius 1 is 1.47 bits per heavy atom. The summed E-state index contributed by atoms with van der Waals surface area (Å²) in [4.78, 5) is 25.8. The Labute approximate surface area is 113 Å². The van der Waals surface area contributed by atoms with Crippen LogP contribution in [0.4, 0.5) is 11.4 Å². The van der Waals surface area contributed by atoms with Crippen LogP contribution in [0.25, 0.3) is 0 Å². The van der Waals surface area contributed by atoms with Crippen molar-refractivity contribution >= 4 is 23.2 Å². The number of nitrogens with zero attached hydrogens (tertiary/aromatic N) is 1. The van der Waals surface area contributed by atoms with Gasteiger partial charge in [0.15, 0.2) is 0 Å². The van der Waals surface area contributed by atoms with Crippen molar-refractivity contribution in [3.05, 3.63) is 23.8 Å². The number of carbonyl (C=O) groups excluding carboxylic acids is 2. The maximum Gasteiger partial charge on any atom is 0.237 e. The van der Waals surface area contributed by atoms with Gasteiger partial charge in [0, 0.05) is 32.0 Å². The molecule has 0 aromatic heterocycles. The van der Waals surface area contributed by atoms with Crippen LogP contribution in [0, 0.1) is 5.92 Å². The standard InChI is InChI=1S/C14H19N3O2/c1-4-15-13(18)11-7-9-5-6-10(17(2)3)8-12(9)16-14(11)19/h5-6,8,11H,4,7H2,1-3H3,(H,15,18)(H,16,19). The zero-order chi connectivity index (χ0) is 14.0. The Bertz CT molecular complexity index is 511. The van der Waals surface area contributed by atoms with Gasteiger partial charge in [-0.25, -0.2) is 0 Å². The Morgan fingerprint density at radius 2 is 2.21 bits per heavy atom. The molecular weight excluding hydrogens is 242 g/mol. The van der Waals surface area contributed by atoms with Crippen molar-refractivity contribution in [1.82, 2.24) is 5.32 Å². The van der Waals surface area contributed by atoms with Gasteiger partial charge < -0.3 is 15.5 Å². The van der Waals surface area contributed by atoms with Crippen molar-refractivity contribution < 1.29 is 9.59 Å². The maximum absolute atomic E-state index is 12.0. The van der Waals surface area contributed by atoms with Gasteiger partial charge in [0.2, 0.25) is 11.8 Å². The van der Waals surface area contributed by atoms with E-state index in [9.17, 15) is 9.59 Å². The average Bonchev–Trinajstić information content (AvgIpc) is 2.37. The molecule has 2 rings (SSSR count). The Morgan fingerprint density at radius 3 is 2.84 bits per heavy atom. The van der Waals surface area contributed by atoms with Gasteiger partial charge in [-0.05, 0) is 31.0 Å². The van der Waals surface area contributed by atoms with Crippen LogP contribution in [-0.2, 0) is 16.0 Å². The summed E-state index contributed by atoms with van der Waals surface area (Å²) < 4.78 is 0. The third-order valence-electron chi connectivity index (χ3n) is 3.28. The lowest BCUT2D eigenvalue weighted by molar-refractivity contribution is -0.132. The molecule has 1 unspecified atom stereocenters. The number of fused-ring (bicyclic) bond motifs is 1. The highest BCUT2D eigenvalue weighted by molar-refractivity contribution is 6.08. The summed E-state index contributed by atoms with van der Waals surface area (Å²) in [7, 11) is 3.90. The molecule has 5 nitrogen and oxygen atoms in total. The quantitative estimate of drug-likeness (QED) is 0.798. The summed E-state index contributed by atoms with van der Waals surface area (Å²) in [6.45, 7) is 2.38. The fourth-order valence-electron chi connectivity index (χ4n) is 2.18. The van der Waals surface area contributed by atoms with E-state index in [2.05, 4.69) is 10.6 Å². The molecule has 0 fully saturated rings. The number of hydrogen-bond donors (Lipinski definition) is 2. The minimum Gasteiger partial charge on any atom is -0.378 e. The predicted octanol–water partition coefficient (Wildman–Crippen LogP) is 0.999. The Hall–Kier alpha value is -2.04. The molecule has 1 atom stereocenters. The fraction of sp³-hybridized carbons (Fsp3) is 0.429. The summed E-state index contributed by atoms with van der Waals surface area (Å²) in [5.74, 6) is -1.06. The molecule has 1 aliphatic rings. The molecule has 2 N–H and O–H groups in total. The van der Waals surface area contributed by atoms with E-state index in [-0.39, 0.29) is 11.8 Å². The van der Waals surface area contributed by atoms with Crippen LogP contribution >= 0.6 is 0 Å². The van der Waals surface area contributed by atoms with Gasteiger partial charge in [0.25, 0.3) is 0 Å². The molecule has 5 heteroatoms. The van der Waals surface area contributed by atoms with E-state index >= 15 is 0 Å². The zero-order valence-corrected chi connectivity index (χ0v) is 11.5. The molecule has 1 aliphatic heterocycles. The lowest BCUT2D eigenvalue weighted by Crippen LogP contribution is -2.41. The number of amides is 2. The van der Waals surface area contributed by atoms with E-state index in [1.807, 2.05) is 44.1 Å². The lowest BCUT2D eigenvalue weighted by atomic mass is 9.92. The summed E-state index contributed by atoms with van der Waals surface area (Å²) in [6.07, 6.45) is 0.459. The van der Waals surface area contributed by atoms with E-state index in [1.54, 1.807) is 0 Å². The molecule has 0 saturated carbocycles. The lowest BCUT2D eigenvalue weighted by Gasteiger charge is -2.25. The number of nitrogens with one attached hydrogen (secondary N) is 2. The molecule has 0 spiro atoms. The number of rotatable bonds is 3. The number of anilines is 2. The first kappa shape index (κ1) is 13.4. The molecular formula is C14H19N3O2. The van der Waals surface area contributed by atoms with Gasteiger partial charge in [-0.3, -0.25) is 9.59 Å². The molecule has 1 heterocycles. The highest BCUT2D eigenvalue weighted by Gasteiger charge is 2.31. The van der Waals surface area contributed by atoms with Crippen LogP contribution in [0.1, 0.15) is 12.5 Å². The summed E-state index contributed by atoms with van der Waals surface area (Å²) in [6, 6.07) is 5.89. The number of benzene rings is 1. The highest BCUT2D eigenvalue weighted by atomic mass is 16.2. The van der Waals surface area contributed by atoms with E-state index in [4.69, 9.17) is 0 Å². The molecule has 2 amide bonds. The molecule has 0 bridgehead atoms. The zero-order valence-electron chi connectivity index (χ0n) is 11.5. The van der Waals surface area contributed by atoms with Gasteiger partial charge >= 0.3 is 0 Å². The Balaban J connectivity index is 2.24. The van der Waals surface area contributed by atoms with Crippen LogP contribution < -0.4 is 15.5 Å². The van der Waals surface area contributed by atoms with Gasteiger partial charge in [-0.1, -0.05) is 6.07 Å². The van der Waals surface area contributed by atoms with Crippen molar-refractivity contribution in [3.63, 3.8) is 0 Å². The SMILES string of the molecule is CCNC(=O)C1Cc2ccc(N(C)C)cc2NC1=O. The average molecular weight is 261 g/mol. The van der Waals surface area contributed by atoms with Crippen molar-refractivity contribution in [2.45, 2.75) is 13.3 Å². The van der Waals surface area contributed by atoms with Crippen LogP contribution in [0.2, 0.25) is 0 Å². The summed E-state index contributed by atoms with van der Waals surface area (Å²) >= 11 is 0. The molecule has 0 radical (unpaired) electrons. The van der Waals surface area contributed by atoms with Gasteiger partial charge in [0.05, 0.1) is 0 Å². The fourth-order valence-corrected chi connectivity index (χ4v) is 2.18. The molecule has 0 aliphatic carbocycles. The first-order valence-electron chi connectivity index (χ1n) is 6.41. The van der Waals surface area contributed by atoms with Crippen molar-refractivity contribution in [3.8, 4) is 0 Å². The van der Waals surface area contributed by atoms with Crippen LogP contribution in [0.5, 0.6) is 0 Å². The van der Waals surface area contributed by atoms with E-state index in [0.717, 1.165) is 16.9 Å². The monoisotopic (exact) mass is 261 g/mol. The largest absolute Gasteiger partial charge is 0.378 e. The smallest absolute Gasteiger partial charge is 0.237 e. The first-order chi connectivity index (χ1) is 9.02. The third-order valence-corrected chi connectivity index (χ3v) is 3.28. The minimum atomic E-state index is -0.627. The first-order valence-corrected chi connectivity index (χ1v) is 6.41. The van der Waals surface area contributed by atoms with Crippen molar-refractivity contribution in [2.24, 2.45) is 5.92 Å². The van der Waals surface area contributed by atoms with Crippen molar-refractivity contribution in [2.75, 3.05) is 30.9 Å². The Kier molecular flexibility index (Phi) is 3.74. The number of hydrogen-bond acceptors (Lipinski definition) is 3. The second-order valence-corrected chi connectivity index (χ2v) is 4.88.